The SMILES string of the molecule is C1=CCCC(C2N=C(c3cccc4ccccc34)N=C(N3c4ccccc4C4=c5c(c6c(c7ccccc57)c5ccccc5n6-c5ccccc5)=C5C=CC=CC5C43)N2)=C1. The van der Waals surface area contributed by atoms with Crippen molar-refractivity contribution in [1.82, 2.24) is 9.88 Å². The fraction of sp³-hybridized carbons (Fsp3) is 0.0909. The first-order chi connectivity index (χ1) is 29.8. The molecule has 1 aromatic heterocycles. The fourth-order valence-corrected chi connectivity index (χ4v) is 10.8. The summed E-state index contributed by atoms with van der Waals surface area (Å²) in [6, 6.07) is 52.9. The van der Waals surface area contributed by atoms with Crippen molar-refractivity contribution >= 4 is 72.0 Å². The van der Waals surface area contributed by atoms with E-state index in [1.807, 2.05) is 0 Å². The summed E-state index contributed by atoms with van der Waals surface area (Å²) in [5.74, 6) is 1.62. The zero-order valence-corrected chi connectivity index (χ0v) is 32.8. The third-order valence-electron chi connectivity index (χ3n) is 13.2. The van der Waals surface area contributed by atoms with E-state index < -0.39 is 0 Å². The Hall–Kier alpha value is -7.50. The van der Waals surface area contributed by atoms with Gasteiger partial charge in [-0.25, -0.2) is 4.99 Å². The standard InChI is InChI=1S/C55H39N5/c1-3-19-35(20-4-1)53-56-54(42-31-17-21-34-18-7-8-24-37(34)42)58-55(57-53)60-46-33-16-14-30-44(46)50-48-39-26-10-9-25-38(39)47-43-29-13-15-32-45(43)59(36-22-5-2-6-23-36)52(47)49(48)40-27-11-12-28-41(40)51(50)60/h1-3,5-19,21-33,41,51,53H,4,20H2,(H,56,57,58). The van der Waals surface area contributed by atoms with Gasteiger partial charge in [-0.2, -0.15) is 4.99 Å². The van der Waals surface area contributed by atoms with Crippen molar-refractivity contribution in [3.8, 4) is 5.69 Å². The molecule has 5 nitrogen and oxygen atoms in total. The van der Waals surface area contributed by atoms with Crippen LogP contribution in [0.1, 0.15) is 24.0 Å². The van der Waals surface area contributed by atoms with Gasteiger partial charge in [-0.1, -0.05) is 164 Å². The summed E-state index contributed by atoms with van der Waals surface area (Å²) in [5, 5.41) is 14.0. The maximum atomic E-state index is 5.58. The summed E-state index contributed by atoms with van der Waals surface area (Å²) in [4.78, 5) is 13.5. The number of rotatable bonds is 3. The van der Waals surface area contributed by atoms with Crippen LogP contribution in [0.25, 0.3) is 60.2 Å². The highest BCUT2D eigenvalue weighted by atomic mass is 15.4. The van der Waals surface area contributed by atoms with E-state index in [4.69, 9.17) is 9.98 Å². The van der Waals surface area contributed by atoms with E-state index in [9.17, 15) is 0 Å². The van der Waals surface area contributed by atoms with Gasteiger partial charge in [0.2, 0.25) is 5.96 Å². The van der Waals surface area contributed by atoms with Crippen LogP contribution in [0, 0.1) is 5.92 Å². The predicted octanol–water partition coefficient (Wildman–Crippen LogP) is 10.4. The second-order valence-electron chi connectivity index (χ2n) is 16.3. The molecule has 3 heterocycles. The van der Waals surface area contributed by atoms with Crippen LogP contribution in [0.3, 0.4) is 0 Å². The molecule has 1 N–H and O–H groups in total. The minimum atomic E-state index is -0.254. The average molecular weight is 770 g/mol. The number of nitrogens with one attached hydrogen (secondary N) is 1. The van der Waals surface area contributed by atoms with Gasteiger partial charge in [0.1, 0.15) is 6.17 Å². The number of para-hydroxylation sites is 3. The molecule has 7 aromatic carbocycles. The van der Waals surface area contributed by atoms with Gasteiger partial charge in [-0.05, 0) is 80.6 Å². The minimum absolute atomic E-state index is 0.0381. The number of guanidine groups is 1. The highest BCUT2D eigenvalue weighted by Gasteiger charge is 2.46. The molecule has 5 heteroatoms. The van der Waals surface area contributed by atoms with Gasteiger partial charge < -0.3 is 14.8 Å². The van der Waals surface area contributed by atoms with Gasteiger partial charge in [0, 0.05) is 38.7 Å². The summed E-state index contributed by atoms with van der Waals surface area (Å²) in [5.41, 5.74) is 11.0. The van der Waals surface area contributed by atoms with Crippen LogP contribution in [-0.2, 0) is 0 Å². The van der Waals surface area contributed by atoms with Crippen molar-refractivity contribution in [2.45, 2.75) is 25.0 Å². The number of amidine groups is 1. The Balaban J connectivity index is 1.15. The number of hydrogen-bond acceptors (Lipinski definition) is 4. The van der Waals surface area contributed by atoms with E-state index in [1.54, 1.807) is 0 Å². The first-order valence-corrected chi connectivity index (χ1v) is 21.1. The summed E-state index contributed by atoms with van der Waals surface area (Å²) in [7, 11) is 0. The summed E-state index contributed by atoms with van der Waals surface area (Å²) >= 11 is 0. The highest BCUT2D eigenvalue weighted by Crippen LogP contribution is 2.48. The molecule has 0 spiro atoms. The molecule has 0 saturated carbocycles. The maximum absolute atomic E-state index is 5.58. The van der Waals surface area contributed by atoms with Crippen LogP contribution in [0.2, 0.25) is 0 Å². The predicted molar refractivity (Wildman–Crippen MR) is 249 cm³/mol. The Morgan fingerprint density at radius 1 is 0.633 bits per heavy atom. The number of aromatic nitrogens is 1. The van der Waals surface area contributed by atoms with Gasteiger partial charge in [0.05, 0.1) is 22.8 Å². The number of nitrogens with zero attached hydrogens (tertiary/aromatic N) is 4. The number of anilines is 1. The van der Waals surface area contributed by atoms with E-state index in [2.05, 4.69) is 203 Å². The summed E-state index contributed by atoms with van der Waals surface area (Å²) in [6.45, 7) is 0. The lowest BCUT2D eigenvalue weighted by molar-refractivity contribution is 0.646. The summed E-state index contributed by atoms with van der Waals surface area (Å²) in [6.07, 6.45) is 17.6. The molecule has 13 rings (SSSR count). The molecule has 2 aliphatic heterocycles. The molecule has 0 amide bonds. The first-order valence-electron chi connectivity index (χ1n) is 21.1. The minimum Gasteiger partial charge on any atom is -0.330 e. The topological polar surface area (TPSA) is 44.9 Å². The van der Waals surface area contributed by atoms with Gasteiger partial charge in [0.15, 0.2) is 5.84 Å². The largest absolute Gasteiger partial charge is 0.330 e. The maximum Gasteiger partial charge on any atom is 0.207 e. The number of hydrogen-bond donors (Lipinski definition) is 1. The molecule has 8 aromatic rings. The molecule has 60 heavy (non-hydrogen) atoms. The first kappa shape index (κ1) is 33.5. The smallest absolute Gasteiger partial charge is 0.207 e. The molecule has 0 saturated heterocycles. The molecule has 0 fully saturated rings. The molecule has 3 atom stereocenters. The zero-order chi connectivity index (χ0) is 39.3. The lowest BCUT2D eigenvalue weighted by Crippen LogP contribution is -2.56. The molecular formula is C55H39N5. The molecule has 0 radical (unpaired) electrons. The number of fused-ring (bicyclic) bond motifs is 14. The van der Waals surface area contributed by atoms with Crippen LogP contribution in [0.4, 0.5) is 5.69 Å². The van der Waals surface area contributed by atoms with Crippen molar-refractivity contribution in [2.75, 3.05) is 4.90 Å². The third kappa shape index (κ3) is 4.74. The number of aliphatic imine (C=N–C) groups is 2. The quantitative estimate of drug-likeness (QED) is 0.195. The van der Waals surface area contributed by atoms with E-state index in [0.29, 0.717) is 0 Å². The Kier molecular flexibility index (Phi) is 7.25. The molecular weight excluding hydrogens is 731 g/mol. The van der Waals surface area contributed by atoms with Gasteiger partial charge >= 0.3 is 0 Å². The van der Waals surface area contributed by atoms with Gasteiger partial charge in [-0.3, -0.25) is 0 Å². The highest BCUT2D eigenvalue weighted by molar-refractivity contribution is 6.24. The molecule has 5 aliphatic rings. The lowest BCUT2D eigenvalue weighted by atomic mass is 9.76. The second kappa shape index (κ2) is 13.0. The van der Waals surface area contributed by atoms with Crippen molar-refractivity contribution in [3.05, 3.63) is 215 Å². The normalized spacial score (nSPS) is 20.2. The van der Waals surface area contributed by atoms with Gasteiger partial charge in [0.25, 0.3) is 0 Å². The Morgan fingerprint density at radius 2 is 1.38 bits per heavy atom. The second-order valence-corrected chi connectivity index (χ2v) is 16.3. The Morgan fingerprint density at radius 3 is 2.27 bits per heavy atom. The third-order valence-corrected chi connectivity index (χ3v) is 13.2. The average Bonchev–Trinajstić information content (AvgIpc) is 3.86. The van der Waals surface area contributed by atoms with Crippen molar-refractivity contribution in [2.24, 2.45) is 15.9 Å². The molecule has 3 aliphatic carbocycles. The Bertz CT molecular complexity index is 3480. The van der Waals surface area contributed by atoms with Crippen molar-refractivity contribution in [1.29, 1.82) is 0 Å². The van der Waals surface area contributed by atoms with Crippen LogP contribution >= 0.6 is 0 Å². The van der Waals surface area contributed by atoms with Crippen molar-refractivity contribution < 1.29 is 0 Å². The van der Waals surface area contributed by atoms with Crippen LogP contribution in [0.15, 0.2) is 204 Å². The fourth-order valence-electron chi connectivity index (χ4n) is 10.8. The summed E-state index contributed by atoms with van der Waals surface area (Å²) < 4.78 is 2.52. The lowest BCUT2D eigenvalue weighted by Gasteiger charge is -2.39. The van der Waals surface area contributed by atoms with E-state index >= 15 is 0 Å². The molecule has 0 bridgehead atoms. The van der Waals surface area contributed by atoms with E-state index in [-0.39, 0.29) is 18.1 Å². The molecule has 3 unspecified atom stereocenters. The van der Waals surface area contributed by atoms with Crippen LogP contribution < -0.4 is 20.7 Å². The van der Waals surface area contributed by atoms with Crippen LogP contribution in [0.5, 0.6) is 0 Å². The van der Waals surface area contributed by atoms with E-state index in [1.165, 1.54) is 70.7 Å². The monoisotopic (exact) mass is 769 g/mol. The van der Waals surface area contributed by atoms with Crippen molar-refractivity contribution in [3.63, 3.8) is 0 Å². The zero-order valence-electron chi connectivity index (χ0n) is 32.8. The molecule has 284 valence electrons. The number of benzene rings is 7. The van der Waals surface area contributed by atoms with E-state index in [0.717, 1.165) is 47.0 Å². The van der Waals surface area contributed by atoms with Crippen LogP contribution in [-0.4, -0.2) is 28.6 Å². The Labute approximate surface area is 347 Å². The van der Waals surface area contributed by atoms with Gasteiger partial charge in [-0.15, -0.1) is 0 Å². The number of allylic oxidation sites excluding steroid dienone is 6.